The Morgan fingerprint density at radius 3 is 2.39 bits per heavy atom. The SMILES string of the molecule is COc1cc(C)c(C)cc1C(N)(C(=O)O)C1CC1. The lowest BCUT2D eigenvalue weighted by atomic mass is 9.84. The number of carboxylic acids is 1. The van der Waals surface area contributed by atoms with Gasteiger partial charge < -0.3 is 15.6 Å². The van der Waals surface area contributed by atoms with E-state index in [1.165, 1.54) is 0 Å². The summed E-state index contributed by atoms with van der Waals surface area (Å²) in [6.07, 6.45) is 1.72. The van der Waals surface area contributed by atoms with Crippen LogP contribution in [0, 0.1) is 19.8 Å². The van der Waals surface area contributed by atoms with Crippen LogP contribution >= 0.6 is 0 Å². The summed E-state index contributed by atoms with van der Waals surface area (Å²) in [5.41, 5.74) is 7.54. The molecule has 1 saturated carbocycles. The van der Waals surface area contributed by atoms with E-state index in [4.69, 9.17) is 10.5 Å². The molecule has 1 unspecified atom stereocenters. The van der Waals surface area contributed by atoms with Crippen molar-refractivity contribution < 1.29 is 14.6 Å². The zero-order chi connectivity index (χ0) is 13.5. The third-order valence-corrected chi connectivity index (χ3v) is 3.84. The lowest BCUT2D eigenvalue weighted by molar-refractivity contribution is -0.144. The highest BCUT2D eigenvalue weighted by Gasteiger charge is 2.51. The summed E-state index contributed by atoms with van der Waals surface area (Å²) >= 11 is 0. The van der Waals surface area contributed by atoms with Crippen molar-refractivity contribution >= 4 is 5.97 Å². The zero-order valence-electron chi connectivity index (χ0n) is 11.0. The summed E-state index contributed by atoms with van der Waals surface area (Å²) in [4.78, 5) is 11.6. The molecule has 3 N–H and O–H groups in total. The molecule has 0 spiro atoms. The molecule has 0 saturated heterocycles. The Hall–Kier alpha value is -1.55. The van der Waals surface area contributed by atoms with Gasteiger partial charge in [0.25, 0.3) is 0 Å². The number of hydrogen-bond donors (Lipinski definition) is 2. The molecule has 0 aromatic heterocycles. The molecule has 0 aliphatic heterocycles. The maximum Gasteiger partial charge on any atom is 0.328 e. The summed E-state index contributed by atoms with van der Waals surface area (Å²) < 4.78 is 5.31. The van der Waals surface area contributed by atoms with Crippen LogP contribution in [0.15, 0.2) is 12.1 Å². The van der Waals surface area contributed by atoms with E-state index >= 15 is 0 Å². The van der Waals surface area contributed by atoms with Gasteiger partial charge >= 0.3 is 5.97 Å². The van der Waals surface area contributed by atoms with Crippen molar-refractivity contribution in [3.05, 3.63) is 28.8 Å². The van der Waals surface area contributed by atoms with Gasteiger partial charge in [0.15, 0.2) is 0 Å². The average Bonchev–Trinajstić information content (AvgIpc) is 3.15. The highest BCUT2D eigenvalue weighted by molar-refractivity contribution is 5.83. The van der Waals surface area contributed by atoms with Gasteiger partial charge in [-0.25, -0.2) is 4.79 Å². The van der Waals surface area contributed by atoms with Crippen LogP contribution in [-0.2, 0) is 10.3 Å². The number of hydrogen-bond acceptors (Lipinski definition) is 3. The van der Waals surface area contributed by atoms with E-state index in [0.717, 1.165) is 24.0 Å². The minimum Gasteiger partial charge on any atom is -0.496 e. The van der Waals surface area contributed by atoms with E-state index in [9.17, 15) is 9.90 Å². The fourth-order valence-corrected chi connectivity index (χ4v) is 2.33. The number of aliphatic carboxylic acids is 1. The van der Waals surface area contributed by atoms with E-state index in [2.05, 4.69) is 0 Å². The summed E-state index contributed by atoms with van der Waals surface area (Å²) in [6, 6.07) is 3.71. The molecule has 4 nitrogen and oxygen atoms in total. The van der Waals surface area contributed by atoms with Gasteiger partial charge in [-0.05, 0) is 55.9 Å². The first-order valence-electron chi connectivity index (χ1n) is 6.09. The van der Waals surface area contributed by atoms with Gasteiger partial charge in [0.05, 0.1) is 7.11 Å². The normalized spacial score (nSPS) is 18.2. The van der Waals surface area contributed by atoms with Crippen LogP contribution < -0.4 is 10.5 Å². The lowest BCUT2D eigenvalue weighted by Gasteiger charge is -2.27. The van der Waals surface area contributed by atoms with Crippen molar-refractivity contribution in [3.8, 4) is 5.75 Å². The second-order valence-electron chi connectivity index (χ2n) is 5.09. The third kappa shape index (κ3) is 1.86. The standard InChI is InChI=1S/C14H19NO3/c1-8-6-11(12(18-3)7-9(8)2)14(15,13(16)17)10-4-5-10/h6-7,10H,4-5,15H2,1-3H3,(H,16,17). The van der Waals surface area contributed by atoms with Gasteiger partial charge in [-0.3, -0.25) is 0 Å². The molecular formula is C14H19NO3. The van der Waals surface area contributed by atoms with Crippen LogP contribution in [0.2, 0.25) is 0 Å². The molecule has 1 aromatic rings. The summed E-state index contributed by atoms with van der Waals surface area (Å²) in [5.74, 6) is -0.410. The van der Waals surface area contributed by atoms with Gasteiger partial charge in [-0.1, -0.05) is 0 Å². The quantitative estimate of drug-likeness (QED) is 0.855. The van der Waals surface area contributed by atoms with Crippen molar-refractivity contribution in [1.29, 1.82) is 0 Å². The monoisotopic (exact) mass is 249 g/mol. The highest BCUT2D eigenvalue weighted by Crippen LogP contribution is 2.47. The highest BCUT2D eigenvalue weighted by atomic mass is 16.5. The topological polar surface area (TPSA) is 72.5 Å². The number of methoxy groups -OCH3 is 1. The molecule has 0 heterocycles. The van der Waals surface area contributed by atoms with Crippen molar-refractivity contribution in [3.63, 3.8) is 0 Å². The molecule has 0 amide bonds. The third-order valence-electron chi connectivity index (χ3n) is 3.84. The molecule has 2 rings (SSSR count). The van der Waals surface area contributed by atoms with Crippen LogP contribution in [0.3, 0.4) is 0 Å². The summed E-state index contributed by atoms with van der Waals surface area (Å²) in [7, 11) is 1.54. The van der Waals surface area contributed by atoms with Gasteiger partial charge in [-0.2, -0.15) is 0 Å². The van der Waals surface area contributed by atoms with Crippen LogP contribution in [0.4, 0.5) is 0 Å². The van der Waals surface area contributed by atoms with Gasteiger partial charge in [-0.15, -0.1) is 0 Å². The van der Waals surface area contributed by atoms with Crippen molar-refractivity contribution in [2.24, 2.45) is 11.7 Å². The summed E-state index contributed by atoms with van der Waals surface area (Å²) in [5, 5.41) is 9.50. The van der Waals surface area contributed by atoms with Crippen LogP contribution in [0.1, 0.15) is 29.5 Å². The van der Waals surface area contributed by atoms with E-state index < -0.39 is 11.5 Å². The van der Waals surface area contributed by atoms with Gasteiger partial charge in [0.1, 0.15) is 11.3 Å². The minimum atomic E-state index is -1.33. The van der Waals surface area contributed by atoms with Crippen LogP contribution in [0.25, 0.3) is 0 Å². The number of ether oxygens (including phenoxy) is 1. The fourth-order valence-electron chi connectivity index (χ4n) is 2.33. The molecule has 1 fully saturated rings. The molecule has 98 valence electrons. The van der Waals surface area contributed by atoms with Crippen molar-refractivity contribution in [2.45, 2.75) is 32.2 Å². The van der Waals surface area contributed by atoms with Gasteiger partial charge in [0.2, 0.25) is 0 Å². The number of carbonyl (C=O) groups is 1. The second kappa shape index (κ2) is 4.28. The summed E-state index contributed by atoms with van der Waals surface area (Å²) in [6.45, 7) is 3.92. The average molecular weight is 249 g/mol. The molecule has 0 radical (unpaired) electrons. The first-order valence-corrected chi connectivity index (χ1v) is 6.09. The Labute approximate surface area is 107 Å². The predicted molar refractivity (Wildman–Crippen MR) is 68.7 cm³/mol. The Balaban J connectivity index is 2.60. The zero-order valence-corrected chi connectivity index (χ0v) is 11.0. The van der Waals surface area contributed by atoms with Crippen LogP contribution in [-0.4, -0.2) is 18.2 Å². The molecule has 1 aromatic carbocycles. The Bertz CT molecular complexity index is 494. The predicted octanol–water partition coefficient (Wildman–Crippen LogP) is 1.96. The first-order chi connectivity index (χ1) is 8.41. The number of rotatable bonds is 4. The maximum atomic E-state index is 11.6. The molecule has 1 aliphatic rings. The smallest absolute Gasteiger partial charge is 0.328 e. The molecule has 0 bridgehead atoms. The van der Waals surface area contributed by atoms with E-state index in [1.54, 1.807) is 7.11 Å². The van der Waals surface area contributed by atoms with Crippen molar-refractivity contribution in [1.82, 2.24) is 0 Å². The lowest BCUT2D eigenvalue weighted by Crippen LogP contribution is -2.47. The number of nitrogens with two attached hydrogens (primary N) is 1. The molecular weight excluding hydrogens is 230 g/mol. The first kappa shape index (κ1) is 12.9. The molecule has 1 aliphatic carbocycles. The Morgan fingerprint density at radius 1 is 1.39 bits per heavy atom. The molecule has 4 heteroatoms. The Kier molecular flexibility index (Phi) is 3.07. The maximum absolute atomic E-state index is 11.6. The second-order valence-corrected chi connectivity index (χ2v) is 5.09. The van der Waals surface area contributed by atoms with Gasteiger partial charge in [0, 0.05) is 5.56 Å². The van der Waals surface area contributed by atoms with E-state index in [1.807, 2.05) is 26.0 Å². The number of benzene rings is 1. The Morgan fingerprint density at radius 2 is 1.94 bits per heavy atom. The fraction of sp³-hybridized carbons (Fsp3) is 0.500. The number of carboxylic acid groups (broad SMARTS) is 1. The molecule has 18 heavy (non-hydrogen) atoms. The van der Waals surface area contributed by atoms with Crippen LogP contribution in [0.5, 0.6) is 5.75 Å². The largest absolute Gasteiger partial charge is 0.496 e. The van der Waals surface area contributed by atoms with Crippen molar-refractivity contribution in [2.75, 3.05) is 7.11 Å². The van der Waals surface area contributed by atoms with E-state index in [-0.39, 0.29) is 5.92 Å². The van der Waals surface area contributed by atoms with E-state index in [0.29, 0.717) is 11.3 Å². The number of aryl methyl sites for hydroxylation is 2. The minimum absolute atomic E-state index is 0.00556. The molecule has 1 atom stereocenters.